The maximum atomic E-state index is 9.13. The van der Waals surface area contributed by atoms with Crippen LogP contribution in [0, 0.1) is 18.3 Å². The molecule has 1 heterocycles. The molecule has 0 radical (unpaired) electrons. The van der Waals surface area contributed by atoms with Crippen molar-refractivity contribution in [1.82, 2.24) is 14.5 Å². The van der Waals surface area contributed by atoms with Crippen molar-refractivity contribution >= 4 is 11.0 Å². The fourth-order valence-corrected chi connectivity index (χ4v) is 2.61. The van der Waals surface area contributed by atoms with E-state index >= 15 is 0 Å². The zero-order valence-electron chi connectivity index (χ0n) is 13.4. The Morgan fingerprint density at radius 2 is 2.19 bits per heavy atom. The van der Waals surface area contributed by atoms with Crippen molar-refractivity contribution in [3.05, 3.63) is 29.6 Å². The fraction of sp³-hybridized carbons (Fsp3) is 0.529. The van der Waals surface area contributed by atoms with Gasteiger partial charge < -0.3 is 4.57 Å². The number of unbranched alkanes of at least 4 members (excludes halogenated alkanes) is 1. The second-order valence-electron chi connectivity index (χ2n) is 5.72. The summed E-state index contributed by atoms with van der Waals surface area (Å²) in [6.45, 7) is 7.83. The topological polar surface area (TPSA) is 44.9 Å². The van der Waals surface area contributed by atoms with Crippen molar-refractivity contribution in [2.24, 2.45) is 0 Å². The summed E-state index contributed by atoms with van der Waals surface area (Å²) in [5.41, 5.74) is 3.23. The first kappa shape index (κ1) is 15.5. The molecular weight excluding hydrogens is 260 g/mol. The number of benzene rings is 1. The van der Waals surface area contributed by atoms with E-state index < -0.39 is 0 Å². The van der Waals surface area contributed by atoms with Crippen LogP contribution in [0.2, 0.25) is 0 Å². The van der Waals surface area contributed by atoms with E-state index in [4.69, 9.17) is 10.2 Å². The molecule has 0 aliphatic carbocycles. The third kappa shape index (κ3) is 3.25. The van der Waals surface area contributed by atoms with Gasteiger partial charge in [-0.25, -0.2) is 4.98 Å². The molecule has 0 bridgehead atoms. The zero-order valence-corrected chi connectivity index (χ0v) is 13.4. The summed E-state index contributed by atoms with van der Waals surface area (Å²) in [5.74, 6) is 0.982. The monoisotopic (exact) mass is 284 g/mol. The van der Waals surface area contributed by atoms with Crippen LogP contribution in [0.1, 0.15) is 44.1 Å². The Hall–Kier alpha value is -1.86. The van der Waals surface area contributed by atoms with Crippen LogP contribution in [0.3, 0.4) is 0 Å². The van der Waals surface area contributed by atoms with Gasteiger partial charge in [0.2, 0.25) is 0 Å². The van der Waals surface area contributed by atoms with E-state index in [1.165, 1.54) is 18.4 Å². The first-order chi connectivity index (χ1) is 10.1. The predicted octanol–water partition coefficient (Wildman–Crippen LogP) is 3.66. The normalized spacial score (nSPS) is 12.8. The lowest BCUT2D eigenvalue weighted by Gasteiger charge is -2.24. The molecule has 2 aromatic rings. The van der Waals surface area contributed by atoms with Gasteiger partial charge in [0.25, 0.3) is 0 Å². The van der Waals surface area contributed by atoms with Crippen molar-refractivity contribution in [3.63, 3.8) is 0 Å². The van der Waals surface area contributed by atoms with Crippen molar-refractivity contribution < 1.29 is 0 Å². The summed E-state index contributed by atoms with van der Waals surface area (Å²) in [6.07, 6.45) is 2.36. The van der Waals surface area contributed by atoms with E-state index in [2.05, 4.69) is 57.0 Å². The standard InChI is InChI=1S/C17H24N4/c1-5-6-10-20(4)14(3)17-19-15-12-13(2)7-8-16(15)21(17)11-9-18/h7-8,12,14H,5-6,10-11H2,1-4H3. The molecule has 4 nitrogen and oxygen atoms in total. The summed E-state index contributed by atoms with van der Waals surface area (Å²) in [4.78, 5) is 7.10. The Morgan fingerprint density at radius 1 is 1.43 bits per heavy atom. The molecular formula is C17H24N4. The Bertz CT molecular complexity index is 651. The largest absolute Gasteiger partial charge is 0.313 e. The van der Waals surface area contributed by atoms with Gasteiger partial charge in [0.1, 0.15) is 12.4 Å². The lowest BCUT2D eigenvalue weighted by Crippen LogP contribution is -2.26. The van der Waals surface area contributed by atoms with E-state index in [1.54, 1.807) is 0 Å². The van der Waals surface area contributed by atoms with Crippen molar-refractivity contribution in [1.29, 1.82) is 5.26 Å². The van der Waals surface area contributed by atoms with Crippen molar-refractivity contribution in [3.8, 4) is 6.07 Å². The van der Waals surface area contributed by atoms with E-state index in [-0.39, 0.29) is 6.04 Å². The molecule has 0 aliphatic heterocycles. The number of nitriles is 1. The van der Waals surface area contributed by atoms with E-state index in [0.29, 0.717) is 6.54 Å². The molecule has 1 aromatic carbocycles. The number of nitrogens with zero attached hydrogens (tertiary/aromatic N) is 4. The number of rotatable bonds is 6. The molecule has 0 aliphatic rings. The molecule has 0 fully saturated rings. The van der Waals surface area contributed by atoms with Crippen molar-refractivity contribution in [2.75, 3.05) is 13.6 Å². The molecule has 21 heavy (non-hydrogen) atoms. The number of aromatic nitrogens is 2. The summed E-state index contributed by atoms with van der Waals surface area (Å²) < 4.78 is 2.04. The van der Waals surface area contributed by atoms with E-state index in [9.17, 15) is 0 Å². The molecule has 112 valence electrons. The Kier molecular flexibility index (Phi) is 4.98. The average molecular weight is 284 g/mol. The van der Waals surface area contributed by atoms with Gasteiger partial charge in [-0.3, -0.25) is 4.90 Å². The zero-order chi connectivity index (χ0) is 15.4. The number of fused-ring (bicyclic) bond motifs is 1. The van der Waals surface area contributed by atoms with Crippen LogP contribution >= 0.6 is 0 Å². The molecule has 0 N–H and O–H groups in total. The van der Waals surface area contributed by atoms with Crippen LogP contribution in [0.15, 0.2) is 18.2 Å². The molecule has 1 aromatic heterocycles. The van der Waals surface area contributed by atoms with Gasteiger partial charge in [0, 0.05) is 0 Å². The smallest absolute Gasteiger partial charge is 0.127 e. The Balaban J connectivity index is 2.42. The number of hydrogen-bond donors (Lipinski definition) is 0. The molecule has 0 amide bonds. The van der Waals surface area contributed by atoms with Gasteiger partial charge >= 0.3 is 0 Å². The molecule has 2 rings (SSSR count). The van der Waals surface area contributed by atoms with Crippen LogP contribution in [0.5, 0.6) is 0 Å². The molecule has 4 heteroatoms. The van der Waals surface area contributed by atoms with E-state index in [0.717, 1.165) is 23.4 Å². The van der Waals surface area contributed by atoms with Crippen LogP contribution in [-0.2, 0) is 6.54 Å². The summed E-state index contributed by atoms with van der Waals surface area (Å²) in [7, 11) is 2.13. The highest BCUT2D eigenvalue weighted by molar-refractivity contribution is 5.77. The highest BCUT2D eigenvalue weighted by Crippen LogP contribution is 2.24. The summed E-state index contributed by atoms with van der Waals surface area (Å²) >= 11 is 0. The summed E-state index contributed by atoms with van der Waals surface area (Å²) in [6, 6.07) is 8.70. The highest BCUT2D eigenvalue weighted by Gasteiger charge is 2.19. The van der Waals surface area contributed by atoms with Gasteiger partial charge in [-0.1, -0.05) is 19.4 Å². The Labute approximate surface area is 127 Å². The number of aryl methyl sites for hydroxylation is 1. The first-order valence-electron chi connectivity index (χ1n) is 7.62. The van der Waals surface area contributed by atoms with Crippen LogP contribution in [-0.4, -0.2) is 28.0 Å². The molecule has 1 atom stereocenters. The third-order valence-corrected chi connectivity index (χ3v) is 4.06. The maximum absolute atomic E-state index is 9.13. The predicted molar refractivity (Wildman–Crippen MR) is 86.0 cm³/mol. The quantitative estimate of drug-likeness (QED) is 0.813. The van der Waals surface area contributed by atoms with Gasteiger partial charge in [-0.2, -0.15) is 5.26 Å². The molecule has 0 saturated carbocycles. The van der Waals surface area contributed by atoms with Gasteiger partial charge in [0.05, 0.1) is 23.1 Å². The maximum Gasteiger partial charge on any atom is 0.127 e. The van der Waals surface area contributed by atoms with Gasteiger partial charge in [0.15, 0.2) is 0 Å². The lowest BCUT2D eigenvalue weighted by molar-refractivity contribution is 0.245. The molecule has 0 saturated heterocycles. The minimum atomic E-state index is 0.206. The second kappa shape index (κ2) is 6.73. The highest BCUT2D eigenvalue weighted by atomic mass is 15.2. The minimum Gasteiger partial charge on any atom is -0.313 e. The lowest BCUT2D eigenvalue weighted by atomic mass is 10.2. The first-order valence-corrected chi connectivity index (χ1v) is 7.62. The Morgan fingerprint density at radius 3 is 2.86 bits per heavy atom. The number of imidazole rings is 1. The average Bonchev–Trinajstić information content (AvgIpc) is 2.82. The number of hydrogen-bond acceptors (Lipinski definition) is 3. The van der Waals surface area contributed by atoms with E-state index in [1.807, 2.05) is 4.57 Å². The fourth-order valence-electron chi connectivity index (χ4n) is 2.61. The minimum absolute atomic E-state index is 0.206. The second-order valence-corrected chi connectivity index (χ2v) is 5.72. The van der Waals surface area contributed by atoms with Crippen molar-refractivity contribution in [2.45, 2.75) is 46.2 Å². The SMILES string of the molecule is CCCCN(C)C(C)c1nc2cc(C)ccc2n1CC#N. The summed E-state index contributed by atoms with van der Waals surface area (Å²) in [5, 5.41) is 9.13. The van der Waals surface area contributed by atoms with Crippen LogP contribution < -0.4 is 0 Å². The van der Waals surface area contributed by atoms with Crippen LogP contribution in [0.25, 0.3) is 11.0 Å². The van der Waals surface area contributed by atoms with Crippen LogP contribution in [0.4, 0.5) is 0 Å². The molecule has 0 spiro atoms. The molecule has 1 unspecified atom stereocenters. The van der Waals surface area contributed by atoms with Gasteiger partial charge in [-0.15, -0.1) is 0 Å². The van der Waals surface area contributed by atoms with Gasteiger partial charge in [-0.05, 0) is 51.6 Å². The third-order valence-electron chi connectivity index (χ3n) is 4.06.